The summed E-state index contributed by atoms with van der Waals surface area (Å²) in [5.41, 5.74) is 1.66. The van der Waals surface area contributed by atoms with Gasteiger partial charge in [-0.05, 0) is 62.0 Å². The van der Waals surface area contributed by atoms with E-state index in [1.54, 1.807) is 45.4 Å². The highest BCUT2D eigenvalue weighted by Gasteiger charge is 2.36. The normalized spacial score (nSPS) is 18.7. The fourth-order valence-electron chi connectivity index (χ4n) is 5.25. The molecule has 1 aliphatic heterocycles. The van der Waals surface area contributed by atoms with Crippen LogP contribution in [0.15, 0.2) is 63.8 Å². The van der Waals surface area contributed by atoms with Crippen LogP contribution in [0.25, 0.3) is 22.1 Å². The van der Waals surface area contributed by atoms with Crippen LogP contribution in [0.5, 0.6) is 23.0 Å². The largest absolute Gasteiger partial charge is 0.497 e. The fraction of sp³-hybridized carbons (Fsp3) is 0.312. The molecule has 1 aromatic heterocycles. The quantitative estimate of drug-likeness (QED) is 0.262. The van der Waals surface area contributed by atoms with E-state index in [0.29, 0.717) is 52.4 Å². The number of aryl methyl sites for hydroxylation is 1. The van der Waals surface area contributed by atoms with Gasteiger partial charge in [0.25, 0.3) is 5.91 Å². The van der Waals surface area contributed by atoms with Gasteiger partial charge in [-0.25, -0.2) is 4.79 Å². The number of aliphatic hydroxyl groups is 2. The van der Waals surface area contributed by atoms with Gasteiger partial charge in [0.15, 0.2) is 11.5 Å². The Kier molecular flexibility index (Phi) is 8.58. The van der Waals surface area contributed by atoms with Crippen LogP contribution < -0.4 is 29.9 Å². The summed E-state index contributed by atoms with van der Waals surface area (Å²) in [5, 5.41) is 23.9. The van der Waals surface area contributed by atoms with E-state index in [9.17, 15) is 19.8 Å². The number of nitrogens with zero attached hydrogens (tertiary/aromatic N) is 1. The zero-order valence-electron chi connectivity index (χ0n) is 24.5. The topological polar surface area (TPSA) is 140 Å². The Hall–Kier alpha value is -4.58. The smallest absolute Gasteiger partial charge is 0.360 e. The summed E-state index contributed by atoms with van der Waals surface area (Å²) >= 11 is 0. The van der Waals surface area contributed by atoms with Crippen LogP contribution in [0.2, 0.25) is 0 Å². The lowest BCUT2D eigenvalue weighted by Gasteiger charge is -2.37. The molecule has 0 radical (unpaired) electrons. The van der Waals surface area contributed by atoms with Crippen LogP contribution in [0, 0.1) is 6.92 Å². The first kappa shape index (κ1) is 29.9. The molecule has 0 spiro atoms. The van der Waals surface area contributed by atoms with Crippen molar-refractivity contribution < 1.29 is 38.4 Å². The summed E-state index contributed by atoms with van der Waals surface area (Å²) < 4.78 is 28.2. The lowest BCUT2D eigenvalue weighted by atomic mass is 10.0. The van der Waals surface area contributed by atoms with E-state index in [0.717, 1.165) is 5.56 Å². The van der Waals surface area contributed by atoms with Gasteiger partial charge in [-0.1, -0.05) is 12.1 Å². The third kappa shape index (κ3) is 6.00. The van der Waals surface area contributed by atoms with Gasteiger partial charge in [-0.15, -0.1) is 0 Å². The number of carbonyl (C=O) groups is 1. The Morgan fingerprint density at radius 3 is 2.47 bits per heavy atom. The molecule has 0 unspecified atom stereocenters. The van der Waals surface area contributed by atoms with Crippen molar-refractivity contribution in [2.24, 2.45) is 0 Å². The average molecular weight is 591 g/mol. The molecule has 3 aromatic carbocycles. The number of methoxy groups -OCH3 is 3. The number of fused-ring (bicyclic) bond motifs is 1. The number of hydrogen-bond acceptors (Lipinski definition) is 10. The van der Waals surface area contributed by atoms with Crippen molar-refractivity contribution in [2.75, 3.05) is 46.8 Å². The van der Waals surface area contributed by atoms with Crippen molar-refractivity contribution >= 4 is 22.6 Å². The second kappa shape index (κ2) is 12.3. The van der Waals surface area contributed by atoms with Crippen molar-refractivity contribution in [1.82, 2.24) is 4.90 Å². The summed E-state index contributed by atoms with van der Waals surface area (Å²) in [7, 11) is 6.41. The summed E-state index contributed by atoms with van der Waals surface area (Å²) in [6.07, 6.45) is -2.82. The number of piperidine rings is 1. The van der Waals surface area contributed by atoms with Gasteiger partial charge in [0.1, 0.15) is 35.0 Å². The number of rotatable bonds is 8. The van der Waals surface area contributed by atoms with Gasteiger partial charge in [0.2, 0.25) is 0 Å². The molecule has 0 saturated carbocycles. The predicted molar refractivity (Wildman–Crippen MR) is 161 cm³/mol. The number of hydrogen-bond donors (Lipinski definition) is 3. The molecule has 43 heavy (non-hydrogen) atoms. The van der Waals surface area contributed by atoms with Crippen molar-refractivity contribution in [3.05, 3.63) is 76.1 Å². The molecule has 3 atom stereocenters. The minimum atomic E-state index is -1.11. The number of likely N-dealkylation sites (N-methyl/N-ethyl adjacent to an activating group) is 1. The van der Waals surface area contributed by atoms with E-state index < -0.39 is 29.8 Å². The summed E-state index contributed by atoms with van der Waals surface area (Å²) in [4.78, 5) is 28.2. The number of benzene rings is 3. The molecule has 11 nitrogen and oxygen atoms in total. The SMILES string of the molecule is COc1cccc(-c2cc(C(=O)Nc3cc4cc(OC)c(O[C@@H]5CN(C)C[C@@H](O)[C@H]5O)c(C)c4oc3=O)ccc2OC)c1. The first-order valence-electron chi connectivity index (χ1n) is 13.6. The summed E-state index contributed by atoms with van der Waals surface area (Å²) in [5.74, 6) is 1.32. The van der Waals surface area contributed by atoms with Crippen LogP contribution in [0.3, 0.4) is 0 Å². The lowest BCUT2D eigenvalue weighted by molar-refractivity contribution is -0.0955. The van der Waals surface area contributed by atoms with E-state index in [-0.39, 0.29) is 17.0 Å². The van der Waals surface area contributed by atoms with Crippen molar-refractivity contribution in [1.29, 1.82) is 0 Å². The van der Waals surface area contributed by atoms with Crippen molar-refractivity contribution in [3.63, 3.8) is 0 Å². The molecule has 1 fully saturated rings. The maximum absolute atomic E-state index is 13.3. The first-order chi connectivity index (χ1) is 20.6. The van der Waals surface area contributed by atoms with Gasteiger partial charge >= 0.3 is 5.63 Å². The number of β-amino-alcohol motifs (C(OH)–C–C–N with tert-alkyl or cyclic N) is 1. The van der Waals surface area contributed by atoms with Crippen LogP contribution in [-0.4, -0.2) is 80.8 Å². The van der Waals surface area contributed by atoms with E-state index >= 15 is 0 Å². The number of nitrogens with one attached hydrogen (secondary N) is 1. The summed E-state index contributed by atoms with van der Waals surface area (Å²) in [6, 6.07) is 15.5. The van der Waals surface area contributed by atoms with E-state index in [1.807, 2.05) is 36.2 Å². The first-order valence-corrected chi connectivity index (χ1v) is 13.6. The number of amides is 1. The van der Waals surface area contributed by atoms with Crippen LogP contribution in [0.4, 0.5) is 5.69 Å². The Morgan fingerprint density at radius 2 is 1.74 bits per heavy atom. The number of anilines is 1. The molecule has 5 rings (SSSR count). The van der Waals surface area contributed by atoms with Crippen molar-refractivity contribution in [3.8, 4) is 34.1 Å². The second-order valence-corrected chi connectivity index (χ2v) is 10.4. The monoisotopic (exact) mass is 590 g/mol. The Labute approximate surface area is 248 Å². The van der Waals surface area contributed by atoms with Crippen molar-refractivity contribution in [2.45, 2.75) is 25.2 Å². The van der Waals surface area contributed by atoms with Crippen LogP contribution in [-0.2, 0) is 0 Å². The van der Waals surface area contributed by atoms with Gasteiger partial charge < -0.3 is 38.9 Å². The summed E-state index contributed by atoms with van der Waals surface area (Å²) in [6.45, 7) is 2.39. The lowest BCUT2D eigenvalue weighted by Crippen LogP contribution is -2.56. The highest BCUT2D eigenvalue weighted by Crippen LogP contribution is 2.39. The number of aliphatic hydroxyl groups excluding tert-OH is 2. The number of ether oxygens (including phenoxy) is 4. The van der Waals surface area contributed by atoms with Crippen LogP contribution >= 0.6 is 0 Å². The van der Waals surface area contributed by atoms with E-state index in [4.69, 9.17) is 23.4 Å². The van der Waals surface area contributed by atoms with Gasteiger partial charge in [-0.3, -0.25) is 9.69 Å². The molecule has 0 aliphatic carbocycles. The molecule has 1 amide bonds. The number of carbonyl (C=O) groups excluding carboxylic acids is 1. The van der Waals surface area contributed by atoms with Gasteiger partial charge in [-0.2, -0.15) is 0 Å². The molecule has 11 heteroatoms. The molecule has 0 bridgehead atoms. The van der Waals surface area contributed by atoms with E-state index in [2.05, 4.69) is 5.32 Å². The number of likely N-dealkylation sites (tertiary alicyclic amines) is 1. The predicted octanol–water partition coefficient (Wildman–Crippen LogP) is 3.46. The molecular formula is C32H34N2O9. The van der Waals surface area contributed by atoms with Gasteiger partial charge in [0.05, 0.1) is 27.4 Å². The highest BCUT2D eigenvalue weighted by atomic mass is 16.5. The molecule has 226 valence electrons. The third-order valence-corrected chi connectivity index (χ3v) is 7.51. The Balaban J connectivity index is 1.46. The maximum Gasteiger partial charge on any atom is 0.360 e. The van der Waals surface area contributed by atoms with Gasteiger partial charge in [0, 0.05) is 35.2 Å². The van der Waals surface area contributed by atoms with E-state index in [1.165, 1.54) is 13.2 Å². The fourth-order valence-corrected chi connectivity index (χ4v) is 5.25. The average Bonchev–Trinajstić information content (AvgIpc) is 3.01. The molecule has 3 N–H and O–H groups in total. The minimum absolute atomic E-state index is 0.0566. The molecule has 2 heterocycles. The zero-order valence-corrected chi connectivity index (χ0v) is 24.5. The Morgan fingerprint density at radius 1 is 0.977 bits per heavy atom. The zero-order chi connectivity index (χ0) is 30.8. The minimum Gasteiger partial charge on any atom is -0.497 e. The standard InChI is InChI=1S/C32H34N2O9/c1-17-29-20(14-26(41-5)30(17)42-27-16-34(2)15-24(35)28(27)36)13-23(32(38)43-29)33-31(37)19-9-10-25(40-4)22(12-19)18-7-6-8-21(11-18)39-3/h6-14,24,27-28,35-36H,15-16H2,1-5H3,(H,33,37)/t24-,27-,28-/m1/s1. The second-order valence-electron chi connectivity index (χ2n) is 10.4. The van der Waals surface area contributed by atoms with Crippen LogP contribution in [0.1, 0.15) is 15.9 Å². The molecule has 4 aromatic rings. The molecule has 1 saturated heterocycles. The third-order valence-electron chi connectivity index (χ3n) is 7.51. The molecular weight excluding hydrogens is 556 g/mol. The maximum atomic E-state index is 13.3. The molecule has 1 aliphatic rings. The Bertz CT molecular complexity index is 1720. The highest BCUT2D eigenvalue weighted by molar-refractivity contribution is 6.06.